The first kappa shape index (κ1) is 18.1. The molecule has 25 heavy (non-hydrogen) atoms. The number of rotatable bonds is 4. The third-order valence-electron chi connectivity index (χ3n) is 5.12. The molecule has 4 atom stereocenters. The van der Waals surface area contributed by atoms with Crippen LogP contribution < -0.4 is 14.4 Å². The fourth-order valence-corrected chi connectivity index (χ4v) is 3.82. The molecule has 1 aliphatic heterocycles. The molecular weight excluding hydrogens is 318 g/mol. The zero-order valence-electron chi connectivity index (χ0n) is 15.7. The van der Waals surface area contributed by atoms with Crippen molar-refractivity contribution in [1.29, 1.82) is 0 Å². The number of methoxy groups -OCH3 is 1. The Morgan fingerprint density at radius 3 is 2.84 bits per heavy atom. The summed E-state index contributed by atoms with van der Waals surface area (Å²) in [5, 5.41) is 0. The lowest BCUT2D eigenvalue weighted by atomic mass is 9.88. The summed E-state index contributed by atoms with van der Waals surface area (Å²) >= 11 is 0. The summed E-state index contributed by atoms with van der Waals surface area (Å²) in [6, 6.07) is 5.57. The van der Waals surface area contributed by atoms with Crippen molar-refractivity contribution in [3.05, 3.63) is 18.2 Å². The largest absolute Gasteiger partial charge is 0.497 e. The van der Waals surface area contributed by atoms with Gasteiger partial charge < -0.3 is 19.1 Å². The van der Waals surface area contributed by atoms with Gasteiger partial charge in [-0.25, -0.2) is 0 Å². The molecule has 1 fully saturated rings. The maximum Gasteiger partial charge on any atom is 0.256 e. The summed E-state index contributed by atoms with van der Waals surface area (Å²) < 4.78 is 17.3. The Balaban J connectivity index is 1.75. The summed E-state index contributed by atoms with van der Waals surface area (Å²) in [6.07, 6.45) is 4.21. The Kier molecular flexibility index (Phi) is 5.52. The number of benzene rings is 1. The second kappa shape index (κ2) is 7.65. The Morgan fingerprint density at radius 1 is 1.32 bits per heavy atom. The van der Waals surface area contributed by atoms with Crippen LogP contribution in [0.2, 0.25) is 0 Å². The molecule has 2 aliphatic rings. The number of hydrogen-bond donors (Lipinski definition) is 0. The molecule has 1 amide bonds. The number of amides is 1. The summed E-state index contributed by atoms with van der Waals surface area (Å²) in [7, 11) is 1.62. The first-order valence-electron chi connectivity index (χ1n) is 9.29. The smallest absolute Gasteiger partial charge is 0.256 e. The van der Waals surface area contributed by atoms with E-state index in [1.807, 2.05) is 32.0 Å². The first-order chi connectivity index (χ1) is 12.0. The highest BCUT2D eigenvalue weighted by Crippen LogP contribution is 2.37. The molecule has 1 aromatic rings. The summed E-state index contributed by atoms with van der Waals surface area (Å²) in [6.45, 7) is 6.62. The van der Waals surface area contributed by atoms with Crippen molar-refractivity contribution >= 4 is 11.6 Å². The van der Waals surface area contributed by atoms with E-state index in [1.165, 1.54) is 12.8 Å². The quantitative estimate of drug-likeness (QED) is 0.831. The van der Waals surface area contributed by atoms with Gasteiger partial charge in [0.15, 0.2) is 0 Å². The van der Waals surface area contributed by atoms with Gasteiger partial charge in [-0.15, -0.1) is 0 Å². The second-order valence-electron chi connectivity index (χ2n) is 7.38. The van der Waals surface area contributed by atoms with Crippen molar-refractivity contribution in [3.8, 4) is 11.5 Å². The minimum atomic E-state index is -0.459. The zero-order valence-corrected chi connectivity index (χ0v) is 15.7. The minimum absolute atomic E-state index is 0.0112. The van der Waals surface area contributed by atoms with Crippen LogP contribution in [-0.4, -0.2) is 37.9 Å². The molecule has 1 heterocycles. The van der Waals surface area contributed by atoms with Crippen LogP contribution in [0, 0.1) is 5.92 Å². The average Bonchev–Trinajstić information content (AvgIpc) is 2.60. The molecule has 3 rings (SSSR count). The Morgan fingerprint density at radius 2 is 2.12 bits per heavy atom. The van der Waals surface area contributed by atoms with Gasteiger partial charge in [-0.1, -0.05) is 19.8 Å². The SMILES string of the molecule is COc1ccc2c(c1)N(C(=O)[C@H](C)O[C@@H]1CCC[C@@H](C)C1)C[C@H](C)O2. The minimum Gasteiger partial charge on any atom is -0.497 e. The van der Waals surface area contributed by atoms with Gasteiger partial charge in [0.1, 0.15) is 23.7 Å². The first-order valence-corrected chi connectivity index (χ1v) is 9.29. The molecule has 1 saturated carbocycles. The predicted molar refractivity (Wildman–Crippen MR) is 97.4 cm³/mol. The van der Waals surface area contributed by atoms with Gasteiger partial charge in [-0.2, -0.15) is 0 Å². The molecule has 138 valence electrons. The van der Waals surface area contributed by atoms with Gasteiger partial charge >= 0.3 is 0 Å². The lowest BCUT2D eigenvalue weighted by Crippen LogP contribution is -2.47. The van der Waals surface area contributed by atoms with E-state index in [1.54, 1.807) is 12.0 Å². The number of nitrogens with zero attached hydrogens (tertiary/aromatic N) is 1. The number of carbonyl (C=O) groups excluding carboxylic acids is 1. The van der Waals surface area contributed by atoms with Crippen LogP contribution in [0.15, 0.2) is 18.2 Å². The molecule has 0 aromatic heterocycles. The third-order valence-corrected chi connectivity index (χ3v) is 5.12. The normalized spacial score (nSPS) is 27.2. The van der Waals surface area contributed by atoms with Crippen molar-refractivity contribution in [2.24, 2.45) is 5.92 Å². The van der Waals surface area contributed by atoms with E-state index in [0.717, 1.165) is 18.5 Å². The van der Waals surface area contributed by atoms with E-state index in [-0.39, 0.29) is 18.1 Å². The van der Waals surface area contributed by atoms with Gasteiger partial charge in [0.05, 0.1) is 25.4 Å². The fraction of sp³-hybridized carbons (Fsp3) is 0.650. The molecule has 1 aromatic carbocycles. The molecule has 0 N–H and O–H groups in total. The van der Waals surface area contributed by atoms with Gasteiger partial charge in [0.25, 0.3) is 5.91 Å². The average molecular weight is 347 g/mol. The van der Waals surface area contributed by atoms with Crippen LogP contribution in [0.25, 0.3) is 0 Å². The van der Waals surface area contributed by atoms with Crippen LogP contribution in [0.4, 0.5) is 5.69 Å². The number of fused-ring (bicyclic) bond motifs is 1. The molecule has 1 aliphatic carbocycles. The standard InChI is InChI=1S/C20H29NO4/c1-13-6-5-7-17(10-13)25-15(3)20(22)21-12-14(2)24-19-9-8-16(23-4)11-18(19)21/h8-9,11,13-15,17H,5-7,10,12H2,1-4H3/t13-,14+,15+,17-/m1/s1. The van der Waals surface area contributed by atoms with Crippen LogP contribution in [0.1, 0.15) is 46.5 Å². The second-order valence-corrected chi connectivity index (χ2v) is 7.38. The highest BCUT2D eigenvalue weighted by atomic mass is 16.5. The summed E-state index contributed by atoms with van der Waals surface area (Å²) in [5.74, 6) is 2.09. The predicted octanol–water partition coefficient (Wildman–Crippen LogP) is 3.79. The molecule has 0 radical (unpaired) electrons. The van der Waals surface area contributed by atoms with E-state index in [0.29, 0.717) is 24.0 Å². The van der Waals surface area contributed by atoms with Crippen molar-refractivity contribution in [2.45, 2.75) is 64.8 Å². The van der Waals surface area contributed by atoms with Crippen molar-refractivity contribution in [2.75, 3.05) is 18.6 Å². The summed E-state index contributed by atoms with van der Waals surface area (Å²) in [5.41, 5.74) is 0.759. The van der Waals surface area contributed by atoms with Crippen molar-refractivity contribution < 1.29 is 19.0 Å². The lowest BCUT2D eigenvalue weighted by molar-refractivity contribution is -0.134. The van der Waals surface area contributed by atoms with Gasteiger partial charge in [-0.05, 0) is 44.7 Å². The molecule has 0 saturated heterocycles. The molecule has 0 bridgehead atoms. The van der Waals surface area contributed by atoms with E-state index >= 15 is 0 Å². The highest BCUT2D eigenvalue weighted by molar-refractivity contribution is 5.98. The van der Waals surface area contributed by atoms with E-state index in [9.17, 15) is 4.79 Å². The Labute approximate surface area is 150 Å². The Bertz CT molecular complexity index is 618. The van der Waals surface area contributed by atoms with Crippen LogP contribution in [0.5, 0.6) is 11.5 Å². The monoisotopic (exact) mass is 347 g/mol. The molecule has 0 unspecified atom stereocenters. The molecular formula is C20H29NO4. The van der Waals surface area contributed by atoms with E-state index < -0.39 is 6.10 Å². The van der Waals surface area contributed by atoms with Gasteiger partial charge in [-0.3, -0.25) is 4.79 Å². The van der Waals surface area contributed by atoms with Crippen molar-refractivity contribution in [3.63, 3.8) is 0 Å². The van der Waals surface area contributed by atoms with E-state index in [4.69, 9.17) is 14.2 Å². The lowest BCUT2D eigenvalue weighted by Gasteiger charge is -2.36. The number of carbonyl (C=O) groups is 1. The maximum absolute atomic E-state index is 13.1. The molecule has 0 spiro atoms. The van der Waals surface area contributed by atoms with E-state index in [2.05, 4.69) is 6.92 Å². The topological polar surface area (TPSA) is 48.0 Å². The molecule has 5 nitrogen and oxygen atoms in total. The van der Waals surface area contributed by atoms with Gasteiger partial charge in [0.2, 0.25) is 0 Å². The van der Waals surface area contributed by atoms with Crippen LogP contribution in [0.3, 0.4) is 0 Å². The maximum atomic E-state index is 13.1. The fourth-order valence-electron chi connectivity index (χ4n) is 3.82. The third kappa shape index (κ3) is 4.09. The summed E-state index contributed by atoms with van der Waals surface area (Å²) in [4.78, 5) is 14.8. The van der Waals surface area contributed by atoms with Crippen LogP contribution in [-0.2, 0) is 9.53 Å². The Hall–Kier alpha value is -1.75. The molecule has 5 heteroatoms. The zero-order chi connectivity index (χ0) is 18.0. The number of ether oxygens (including phenoxy) is 3. The number of anilines is 1. The van der Waals surface area contributed by atoms with Crippen molar-refractivity contribution in [1.82, 2.24) is 0 Å². The van der Waals surface area contributed by atoms with Gasteiger partial charge in [0, 0.05) is 6.07 Å². The number of hydrogen-bond acceptors (Lipinski definition) is 4. The highest BCUT2D eigenvalue weighted by Gasteiger charge is 2.33. The van der Waals surface area contributed by atoms with Crippen LogP contribution >= 0.6 is 0 Å².